The maximum atomic E-state index is 11.0. The fourth-order valence-corrected chi connectivity index (χ4v) is 2.59. The summed E-state index contributed by atoms with van der Waals surface area (Å²) >= 11 is 1.44. The predicted molar refractivity (Wildman–Crippen MR) is 75.5 cm³/mol. The molecule has 0 saturated carbocycles. The van der Waals surface area contributed by atoms with Gasteiger partial charge in [0.05, 0.1) is 25.0 Å². The third-order valence-electron chi connectivity index (χ3n) is 2.52. The van der Waals surface area contributed by atoms with E-state index < -0.39 is 11.8 Å². The molecule has 0 aromatic carbocycles. The van der Waals surface area contributed by atoms with Gasteiger partial charge in [-0.1, -0.05) is 0 Å². The van der Waals surface area contributed by atoms with Crippen LogP contribution in [0, 0.1) is 0 Å². The van der Waals surface area contributed by atoms with Crippen molar-refractivity contribution >= 4 is 39.2 Å². The van der Waals surface area contributed by atoms with E-state index in [-0.39, 0.29) is 19.6 Å². The van der Waals surface area contributed by atoms with Gasteiger partial charge in [0.2, 0.25) is 11.8 Å². The van der Waals surface area contributed by atoms with Crippen LogP contribution in [-0.4, -0.2) is 39.8 Å². The number of amides is 2. The number of hydrogen-bond donors (Lipinski definition) is 3. The second-order valence-electron chi connectivity index (χ2n) is 4.24. The van der Waals surface area contributed by atoms with E-state index in [0.717, 1.165) is 10.2 Å². The van der Waals surface area contributed by atoms with Gasteiger partial charge in [-0.2, -0.15) is 0 Å². The summed E-state index contributed by atoms with van der Waals surface area (Å²) in [6.07, 6.45) is 0. The lowest BCUT2D eigenvalue weighted by Crippen LogP contribution is -2.39. The van der Waals surface area contributed by atoms with Crippen molar-refractivity contribution in [2.24, 2.45) is 11.5 Å². The van der Waals surface area contributed by atoms with Gasteiger partial charge in [0.15, 0.2) is 0 Å². The summed E-state index contributed by atoms with van der Waals surface area (Å²) in [5, 5.41) is 2.65. The fraction of sp³-hybridized carbons (Fsp3) is 0.273. The summed E-state index contributed by atoms with van der Waals surface area (Å²) in [5.41, 5.74) is 16.1. The number of nitrogens with two attached hydrogens (primary N) is 3. The number of nitrogen functional groups attached to an aromatic ring is 1. The van der Waals surface area contributed by atoms with Crippen LogP contribution >= 0.6 is 11.3 Å². The Kier molecular flexibility index (Phi) is 4.11. The van der Waals surface area contributed by atoms with Crippen molar-refractivity contribution in [3.05, 3.63) is 17.3 Å². The first kappa shape index (κ1) is 14.2. The topological polar surface area (TPSA) is 141 Å². The van der Waals surface area contributed by atoms with Crippen LogP contribution in [-0.2, 0) is 16.1 Å². The van der Waals surface area contributed by atoms with Crippen LogP contribution in [0.2, 0.25) is 0 Å². The van der Waals surface area contributed by atoms with Crippen LogP contribution in [0.15, 0.2) is 11.4 Å². The van der Waals surface area contributed by atoms with E-state index in [1.54, 1.807) is 0 Å². The number of aromatic nitrogens is 2. The van der Waals surface area contributed by atoms with Crippen LogP contribution in [0.5, 0.6) is 0 Å². The number of thiophene rings is 1. The molecule has 2 aromatic heterocycles. The lowest BCUT2D eigenvalue weighted by molar-refractivity contribution is -0.122. The third-order valence-corrected chi connectivity index (χ3v) is 3.33. The molecule has 2 aromatic rings. The molecule has 6 N–H and O–H groups in total. The molecule has 0 bridgehead atoms. The van der Waals surface area contributed by atoms with Gasteiger partial charge in [-0.05, 0) is 11.4 Å². The van der Waals surface area contributed by atoms with Gasteiger partial charge in [-0.25, -0.2) is 9.97 Å². The summed E-state index contributed by atoms with van der Waals surface area (Å²) in [7, 11) is 0. The van der Waals surface area contributed by atoms with Crippen molar-refractivity contribution in [2.75, 3.05) is 18.8 Å². The minimum atomic E-state index is -0.559. The van der Waals surface area contributed by atoms with Crippen LogP contribution in [0.25, 0.3) is 10.2 Å². The van der Waals surface area contributed by atoms with Gasteiger partial charge >= 0.3 is 0 Å². The minimum absolute atomic E-state index is 0.102. The zero-order valence-electron chi connectivity index (χ0n) is 10.6. The molecule has 106 valence electrons. The quantitative estimate of drug-likeness (QED) is 0.627. The summed E-state index contributed by atoms with van der Waals surface area (Å²) in [6.45, 7) is -0.0344. The molecule has 0 atom stereocenters. The Balaban J connectivity index is 2.22. The molecule has 2 heterocycles. The second-order valence-corrected chi connectivity index (χ2v) is 5.14. The smallest absolute Gasteiger partial charge is 0.231 e. The maximum Gasteiger partial charge on any atom is 0.231 e. The second kappa shape index (κ2) is 5.80. The fourth-order valence-electron chi connectivity index (χ4n) is 1.80. The molecule has 0 aliphatic carbocycles. The SMILES string of the molecule is NC(=O)CN(CC(N)=O)Cc1nc(N)c2ccsc2n1. The Labute approximate surface area is 118 Å². The normalized spacial score (nSPS) is 11.1. The molecule has 8 nitrogen and oxygen atoms in total. The lowest BCUT2D eigenvalue weighted by Gasteiger charge is -2.17. The average molecular weight is 294 g/mol. The highest BCUT2D eigenvalue weighted by Crippen LogP contribution is 2.23. The number of carbonyl (C=O) groups excluding carboxylic acids is 2. The van der Waals surface area contributed by atoms with Crippen molar-refractivity contribution in [1.82, 2.24) is 14.9 Å². The van der Waals surface area contributed by atoms with Gasteiger partial charge in [-0.3, -0.25) is 14.5 Å². The highest BCUT2D eigenvalue weighted by molar-refractivity contribution is 7.16. The first-order valence-corrected chi connectivity index (χ1v) is 6.62. The van der Waals surface area contributed by atoms with Crippen molar-refractivity contribution in [2.45, 2.75) is 6.54 Å². The zero-order chi connectivity index (χ0) is 14.7. The highest BCUT2D eigenvalue weighted by atomic mass is 32.1. The Bertz CT molecular complexity index is 639. The summed E-state index contributed by atoms with van der Waals surface area (Å²) in [6, 6.07) is 1.84. The van der Waals surface area contributed by atoms with Crippen LogP contribution < -0.4 is 17.2 Å². The Morgan fingerprint density at radius 2 is 1.85 bits per heavy atom. The molecule has 2 rings (SSSR count). The highest BCUT2D eigenvalue weighted by Gasteiger charge is 2.15. The molecule has 0 aliphatic heterocycles. The van der Waals surface area contributed by atoms with Crippen molar-refractivity contribution in [3.8, 4) is 0 Å². The summed E-state index contributed by atoms with van der Waals surface area (Å²) in [5.74, 6) is -0.336. The molecule has 0 saturated heterocycles. The van der Waals surface area contributed by atoms with Gasteiger partial charge in [0.1, 0.15) is 16.5 Å². The molecule has 0 radical (unpaired) electrons. The molecule has 2 amide bonds. The van der Waals surface area contributed by atoms with E-state index in [1.165, 1.54) is 16.2 Å². The largest absolute Gasteiger partial charge is 0.383 e. The predicted octanol–water partition coefficient (Wildman–Crippen LogP) is -0.954. The van der Waals surface area contributed by atoms with E-state index in [4.69, 9.17) is 17.2 Å². The van der Waals surface area contributed by atoms with E-state index in [0.29, 0.717) is 11.6 Å². The zero-order valence-corrected chi connectivity index (χ0v) is 11.4. The number of fused-ring (bicyclic) bond motifs is 1. The van der Waals surface area contributed by atoms with Gasteiger partial charge < -0.3 is 17.2 Å². The van der Waals surface area contributed by atoms with Crippen LogP contribution in [0.1, 0.15) is 5.82 Å². The molecule has 0 fully saturated rings. The summed E-state index contributed by atoms with van der Waals surface area (Å²) < 4.78 is 0. The Morgan fingerprint density at radius 3 is 2.45 bits per heavy atom. The number of anilines is 1. The van der Waals surface area contributed by atoms with E-state index >= 15 is 0 Å². The number of hydrogen-bond acceptors (Lipinski definition) is 7. The van der Waals surface area contributed by atoms with Crippen LogP contribution in [0.4, 0.5) is 5.82 Å². The standard InChI is InChI=1S/C11H14N6O2S/c12-7(18)3-17(4-8(13)19)5-9-15-10(14)6-1-2-20-11(6)16-9/h1-2H,3-5H2,(H2,12,18)(H2,13,19)(H2,14,15,16). The van der Waals surface area contributed by atoms with Crippen molar-refractivity contribution in [3.63, 3.8) is 0 Å². The van der Waals surface area contributed by atoms with Gasteiger partial charge in [0.25, 0.3) is 0 Å². The number of nitrogens with zero attached hydrogens (tertiary/aromatic N) is 3. The van der Waals surface area contributed by atoms with Crippen molar-refractivity contribution in [1.29, 1.82) is 0 Å². The van der Waals surface area contributed by atoms with Crippen LogP contribution in [0.3, 0.4) is 0 Å². The molecule has 9 heteroatoms. The number of primary amides is 2. The lowest BCUT2D eigenvalue weighted by atomic mass is 10.3. The van der Waals surface area contributed by atoms with E-state index in [2.05, 4.69) is 9.97 Å². The van der Waals surface area contributed by atoms with Gasteiger partial charge in [0, 0.05) is 0 Å². The Morgan fingerprint density at radius 1 is 1.20 bits per heavy atom. The first-order chi connectivity index (χ1) is 9.45. The maximum absolute atomic E-state index is 11.0. The number of rotatable bonds is 6. The molecule has 0 aliphatic rings. The van der Waals surface area contributed by atoms with E-state index in [9.17, 15) is 9.59 Å². The van der Waals surface area contributed by atoms with E-state index in [1.807, 2.05) is 11.4 Å². The molecular formula is C11H14N6O2S. The first-order valence-electron chi connectivity index (χ1n) is 5.74. The minimum Gasteiger partial charge on any atom is -0.383 e. The Hall–Kier alpha value is -2.26. The monoisotopic (exact) mass is 294 g/mol. The molecular weight excluding hydrogens is 280 g/mol. The average Bonchev–Trinajstić information content (AvgIpc) is 2.75. The van der Waals surface area contributed by atoms with Gasteiger partial charge in [-0.15, -0.1) is 11.3 Å². The third kappa shape index (κ3) is 3.39. The molecule has 0 spiro atoms. The molecule has 0 unspecified atom stereocenters. The van der Waals surface area contributed by atoms with Crippen molar-refractivity contribution < 1.29 is 9.59 Å². The molecule has 20 heavy (non-hydrogen) atoms. The number of carbonyl (C=O) groups is 2. The summed E-state index contributed by atoms with van der Waals surface area (Å²) in [4.78, 5) is 32.7.